The van der Waals surface area contributed by atoms with Crippen LogP contribution in [0.4, 0.5) is 8.78 Å². The van der Waals surface area contributed by atoms with Crippen LogP contribution in [0, 0.1) is 11.6 Å². The lowest BCUT2D eigenvalue weighted by atomic mass is 10.0. The van der Waals surface area contributed by atoms with E-state index < -0.39 is 23.3 Å². The maximum Gasteiger partial charge on any atom is 0.274 e. The Morgan fingerprint density at radius 2 is 1.61 bits per heavy atom. The second-order valence-electron chi connectivity index (χ2n) is 6.43. The van der Waals surface area contributed by atoms with Crippen LogP contribution in [0.15, 0.2) is 77.6 Å². The van der Waals surface area contributed by atoms with Gasteiger partial charge in [-0.25, -0.2) is 13.5 Å². The number of halogens is 2. The van der Waals surface area contributed by atoms with Crippen molar-refractivity contribution in [2.75, 3.05) is 0 Å². The van der Waals surface area contributed by atoms with Crippen LogP contribution < -0.4 is 5.56 Å². The van der Waals surface area contributed by atoms with Crippen LogP contribution in [0.1, 0.15) is 11.7 Å². The van der Waals surface area contributed by atoms with Crippen LogP contribution >= 0.6 is 0 Å². The Bertz CT molecular complexity index is 1210. The normalized spacial score (nSPS) is 12.2. The molecule has 6 heteroatoms. The van der Waals surface area contributed by atoms with Crippen molar-refractivity contribution < 1.29 is 13.9 Å². The van der Waals surface area contributed by atoms with Gasteiger partial charge in [-0.3, -0.25) is 4.79 Å². The monoisotopic (exact) mass is 378 g/mol. The lowest BCUT2D eigenvalue weighted by Gasteiger charge is -2.15. The van der Waals surface area contributed by atoms with Gasteiger partial charge in [0.25, 0.3) is 5.56 Å². The van der Waals surface area contributed by atoms with Gasteiger partial charge in [-0.2, -0.15) is 5.10 Å². The molecule has 1 unspecified atom stereocenters. The number of hydrogen-bond acceptors (Lipinski definition) is 3. The molecule has 3 aromatic carbocycles. The molecule has 0 saturated carbocycles. The Balaban J connectivity index is 1.85. The zero-order valence-corrected chi connectivity index (χ0v) is 14.7. The number of rotatable bonds is 4. The van der Waals surface area contributed by atoms with Crippen LogP contribution in [0.3, 0.4) is 0 Å². The van der Waals surface area contributed by atoms with E-state index in [2.05, 4.69) is 5.10 Å². The predicted octanol–water partition coefficient (Wildman–Crippen LogP) is 4.08. The van der Waals surface area contributed by atoms with Crippen LogP contribution in [0.2, 0.25) is 0 Å². The maximum atomic E-state index is 14.0. The Hall–Kier alpha value is -3.38. The molecule has 0 radical (unpaired) electrons. The van der Waals surface area contributed by atoms with Gasteiger partial charge in [-0.05, 0) is 24.3 Å². The summed E-state index contributed by atoms with van der Waals surface area (Å²) in [5.74, 6) is -1.41. The molecular formula is C22H16F2N2O2. The van der Waals surface area contributed by atoms with Crippen molar-refractivity contribution in [1.29, 1.82) is 0 Å². The van der Waals surface area contributed by atoms with E-state index in [0.29, 0.717) is 16.5 Å². The minimum atomic E-state index is -1.43. The highest BCUT2D eigenvalue weighted by molar-refractivity contribution is 5.93. The average Bonchev–Trinajstić information content (AvgIpc) is 2.72. The van der Waals surface area contributed by atoms with Crippen LogP contribution in [-0.2, 0) is 6.54 Å². The van der Waals surface area contributed by atoms with Gasteiger partial charge >= 0.3 is 0 Å². The van der Waals surface area contributed by atoms with Gasteiger partial charge in [-0.1, -0.05) is 48.5 Å². The number of aliphatic hydroxyl groups excluding tert-OH is 1. The zero-order valence-electron chi connectivity index (χ0n) is 14.7. The number of nitrogens with zero attached hydrogens (tertiary/aromatic N) is 2. The summed E-state index contributed by atoms with van der Waals surface area (Å²) in [6, 6.07) is 19.2. The molecule has 28 heavy (non-hydrogen) atoms. The first-order chi connectivity index (χ1) is 13.5. The van der Waals surface area contributed by atoms with E-state index in [1.54, 1.807) is 18.2 Å². The summed E-state index contributed by atoms with van der Waals surface area (Å²) in [6.45, 7) is -0.302. The fourth-order valence-electron chi connectivity index (χ4n) is 3.20. The molecule has 4 aromatic rings. The fourth-order valence-corrected chi connectivity index (χ4v) is 3.20. The first-order valence-corrected chi connectivity index (χ1v) is 8.73. The highest BCUT2D eigenvalue weighted by Crippen LogP contribution is 2.25. The molecular weight excluding hydrogens is 362 g/mol. The van der Waals surface area contributed by atoms with E-state index in [0.717, 1.165) is 28.4 Å². The number of fused-ring (bicyclic) bond motifs is 1. The molecule has 0 spiro atoms. The third-order valence-electron chi connectivity index (χ3n) is 4.58. The van der Waals surface area contributed by atoms with E-state index in [-0.39, 0.29) is 12.1 Å². The van der Waals surface area contributed by atoms with Crippen molar-refractivity contribution in [1.82, 2.24) is 9.78 Å². The molecule has 0 fully saturated rings. The van der Waals surface area contributed by atoms with Crippen molar-refractivity contribution in [2.24, 2.45) is 0 Å². The number of benzene rings is 3. The summed E-state index contributed by atoms with van der Waals surface area (Å²) in [5, 5.41) is 16.0. The Labute approximate surface area is 159 Å². The van der Waals surface area contributed by atoms with Crippen molar-refractivity contribution in [2.45, 2.75) is 12.6 Å². The Kier molecular flexibility index (Phi) is 4.71. The summed E-state index contributed by atoms with van der Waals surface area (Å²) >= 11 is 0. The van der Waals surface area contributed by atoms with Crippen LogP contribution in [0.5, 0.6) is 0 Å². The Morgan fingerprint density at radius 3 is 2.36 bits per heavy atom. The SMILES string of the molecule is O=c1c2ccccc2c(-c2ccccc2)nn1CC(O)c1cc(F)ccc1F. The van der Waals surface area contributed by atoms with Gasteiger partial charge in [-0.15, -0.1) is 0 Å². The van der Waals surface area contributed by atoms with Gasteiger partial charge in [0.1, 0.15) is 17.7 Å². The average molecular weight is 378 g/mol. The third kappa shape index (κ3) is 3.30. The summed E-state index contributed by atoms with van der Waals surface area (Å²) in [6.07, 6.45) is -1.43. The van der Waals surface area contributed by atoms with Gasteiger partial charge in [0.2, 0.25) is 0 Å². The largest absolute Gasteiger partial charge is 0.386 e. The van der Waals surface area contributed by atoms with Gasteiger partial charge in [0.15, 0.2) is 0 Å². The molecule has 0 aliphatic heterocycles. The predicted molar refractivity (Wildman–Crippen MR) is 103 cm³/mol. The number of aliphatic hydroxyl groups is 1. The summed E-state index contributed by atoms with van der Waals surface area (Å²) < 4.78 is 28.5. The standard InChI is InChI=1S/C22H16F2N2O2/c23-15-10-11-19(24)18(12-15)20(27)13-26-22(28)17-9-5-4-8-16(17)21(25-26)14-6-2-1-3-7-14/h1-12,20,27H,13H2. The van der Waals surface area contributed by atoms with E-state index in [1.807, 2.05) is 36.4 Å². The van der Waals surface area contributed by atoms with Crippen LogP contribution in [-0.4, -0.2) is 14.9 Å². The highest BCUT2D eigenvalue weighted by atomic mass is 19.1. The number of hydrogen-bond donors (Lipinski definition) is 1. The minimum Gasteiger partial charge on any atom is -0.386 e. The third-order valence-corrected chi connectivity index (χ3v) is 4.58. The molecule has 0 aliphatic rings. The van der Waals surface area contributed by atoms with Crippen molar-refractivity contribution in [3.05, 3.63) is 100 Å². The summed E-state index contributed by atoms with van der Waals surface area (Å²) in [4.78, 5) is 12.9. The topological polar surface area (TPSA) is 55.1 Å². The highest BCUT2D eigenvalue weighted by Gasteiger charge is 2.18. The number of aromatic nitrogens is 2. The van der Waals surface area contributed by atoms with Gasteiger partial charge in [0.05, 0.1) is 17.6 Å². The minimum absolute atomic E-state index is 0.219. The summed E-state index contributed by atoms with van der Waals surface area (Å²) in [5.41, 5.74) is 0.746. The first-order valence-electron chi connectivity index (χ1n) is 8.73. The zero-order chi connectivity index (χ0) is 19.7. The molecule has 1 atom stereocenters. The van der Waals surface area contributed by atoms with Gasteiger partial charge < -0.3 is 5.11 Å². The summed E-state index contributed by atoms with van der Waals surface area (Å²) in [7, 11) is 0. The molecule has 4 rings (SSSR count). The van der Waals surface area contributed by atoms with E-state index in [1.165, 1.54) is 0 Å². The molecule has 1 heterocycles. The molecule has 140 valence electrons. The molecule has 0 bridgehead atoms. The van der Waals surface area contributed by atoms with E-state index in [9.17, 15) is 18.7 Å². The fraction of sp³-hybridized carbons (Fsp3) is 0.0909. The quantitative estimate of drug-likeness (QED) is 0.582. The first kappa shape index (κ1) is 18.0. The van der Waals surface area contributed by atoms with E-state index >= 15 is 0 Å². The lowest BCUT2D eigenvalue weighted by Crippen LogP contribution is -2.27. The molecule has 0 amide bonds. The second kappa shape index (κ2) is 7.32. The molecule has 1 aromatic heterocycles. The lowest BCUT2D eigenvalue weighted by molar-refractivity contribution is 0.145. The maximum absolute atomic E-state index is 14.0. The van der Waals surface area contributed by atoms with Crippen molar-refractivity contribution in [3.8, 4) is 11.3 Å². The van der Waals surface area contributed by atoms with Crippen LogP contribution in [0.25, 0.3) is 22.0 Å². The Morgan fingerprint density at radius 1 is 0.929 bits per heavy atom. The van der Waals surface area contributed by atoms with Crippen molar-refractivity contribution >= 4 is 10.8 Å². The van der Waals surface area contributed by atoms with Gasteiger partial charge in [0, 0.05) is 16.5 Å². The molecule has 4 nitrogen and oxygen atoms in total. The smallest absolute Gasteiger partial charge is 0.274 e. The molecule has 0 saturated heterocycles. The molecule has 0 aliphatic carbocycles. The van der Waals surface area contributed by atoms with Crippen molar-refractivity contribution in [3.63, 3.8) is 0 Å². The second-order valence-corrected chi connectivity index (χ2v) is 6.43. The van der Waals surface area contributed by atoms with E-state index in [4.69, 9.17) is 0 Å². The molecule has 1 N–H and O–H groups in total.